The van der Waals surface area contributed by atoms with Crippen LogP contribution in [-0.4, -0.2) is 71.5 Å². The zero-order chi connectivity index (χ0) is 13.5. The van der Waals surface area contributed by atoms with Crippen molar-refractivity contribution < 1.29 is 24.9 Å². The molecule has 0 saturated carbocycles. The van der Waals surface area contributed by atoms with E-state index in [0.717, 1.165) is 0 Å². The lowest BCUT2D eigenvalue weighted by Crippen LogP contribution is -2.51. The zero-order valence-electron chi connectivity index (χ0n) is 9.82. The molecular formula is C9H18N4O5. The first-order valence-corrected chi connectivity index (χ1v) is 5.41. The van der Waals surface area contributed by atoms with E-state index in [1.165, 1.54) is 4.90 Å². The predicted octanol–water partition coefficient (Wildman–Crippen LogP) is -2.78. The first kappa shape index (κ1) is 14.6. The van der Waals surface area contributed by atoms with Crippen LogP contribution in [-0.2, 0) is 4.74 Å². The van der Waals surface area contributed by atoms with Crippen LogP contribution in [0.1, 0.15) is 0 Å². The largest absolute Gasteiger partial charge is 0.396 e. The maximum Gasteiger partial charge on any atom is 0.327 e. The first-order chi connectivity index (χ1) is 8.58. The number of hydrogen-bond donors (Lipinski definition) is 5. The van der Waals surface area contributed by atoms with Crippen LogP contribution in [0.25, 0.3) is 0 Å². The summed E-state index contributed by atoms with van der Waals surface area (Å²) in [6.45, 7) is -0.721. The van der Waals surface area contributed by atoms with E-state index in [4.69, 9.17) is 20.7 Å². The smallest absolute Gasteiger partial charge is 0.327 e. The molecule has 1 aliphatic heterocycles. The van der Waals surface area contributed by atoms with Gasteiger partial charge in [-0.25, -0.2) is 9.79 Å². The van der Waals surface area contributed by atoms with E-state index in [-0.39, 0.29) is 32.6 Å². The molecule has 1 unspecified atom stereocenters. The summed E-state index contributed by atoms with van der Waals surface area (Å²) in [4.78, 5) is 16.4. The van der Waals surface area contributed by atoms with Gasteiger partial charge >= 0.3 is 6.03 Å². The predicted molar refractivity (Wildman–Crippen MR) is 61.3 cm³/mol. The number of nitrogens with zero attached hydrogens (tertiary/aromatic N) is 2. The number of aliphatic hydroxyl groups is 3. The third kappa shape index (κ3) is 4.11. The average Bonchev–Trinajstić information content (AvgIpc) is 2.36. The molecule has 6 N–H and O–H groups in total. The second-order valence-electron chi connectivity index (χ2n) is 3.85. The van der Waals surface area contributed by atoms with E-state index in [1.54, 1.807) is 0 Å². The van der Waals surface area contributed by atoms with E-state index < -0.39 is 24.7 Å². The molecule has 0 bridgehead atoms. The highest BCUT2D eigenvalue weighted by molar-refractivity contribution is 5.96. The maximum atomic E-state index is 11.4. The molecule has 0 aromatic rings. The Balaban J connectivity index is 2.31. The minimum absolute atomic E-state index is 0.0151. The third-order valence-electron chi connectivity index (χ3n) is 2.48. The Hall–Kier alpha value is -1.42. The Morgan fingerprint density at radius 2 is 2.22 bits per heavy atom. The molecule has 0 aliphatic carbocycles. The number of amides is 2. The van der Waals surface area contributed by atoms with E-state index in [1.807, 2.05) is 0 Å². The Labute approximate surface area is 104 Å². The van der Waals surface area contributed by atoms with Crippen molar-refractivity contribution in [3.05, 3.63) is 0 Å². The van der Waals surface area contributed by atoms with Gasteiger partial charge in [0.1, 0.15) is 13.4 Å². The first-order valence-electron chi connectivity index (χ1n) is 5.41. The van der Waals surface area contributed by atoms with E-state index in [0.29, 0.717) is 0 Å². The fourth-order valence-corrected chi connectivity index (χ4v) is 1.30. The number of ether oxygens (including phenoxy) is 1. The lowest BCUT2D eigenvalue weighted by Gasteiger charge is -2.26. The molecule has 1 heterocycles. The number of aliphatic hydroxyl groups excluding tert-OH is 3. The van der Waals surface area contributed by atoms with Gasteiger partial charge in [-0.05, 0) is 0 Å². The Kier molecular flexibility index (Phi) is 5.78. The fraction of sp³-hybridized carbons (Fsp3) is 0.778. The molecule has 0 radical (unpaired) electrons. The highest BCUT2D eigenvalue weighted by atomic mass is 16.5. The van der Waals surface area contributed by atoms with Gasteiger partial charge in [-0.2, -0.15) is 0 Å². The Bertz CT molecular complexity index is 311. The van der Waals surface area contributed by atoms with Gasteiger partial charge < -0.3 is 25.8 Å². The van der Waals surface area contributed by atoms with Gasteiger partial charge in [-0.3, -0.25) is 10.2 Å². The van der Waals surface area contributed by atoms with Crippen LogP contribution in [0.2, 0.25) is 0 Å². The second kappa shape index (κ2) is 7.11. The van der Waals surface area contributed by atoms with Gasteiger partial charge in [0.15, 0.2) is 5.96 Å². The molecule has 104 valence electrons. The molecule has 0 fully saturated rings. The van der Waals surface area contributed by atoms with Gasteiger partial charge in [0.2, 0.25) is 0 Å². The number of hydrogen-bond acceptors (Lipinski definition) is 7. The van der Waals surface area contributed by atoms with Crippen LogP contribution >= 0.6 is 0 Å². The summed E-state index contributed by atoms with van der Waals surface area (Å²) in [5, 5.41) is 29.3. The molecular weight excluding hydrogens is 244 g/mol. The molecule has 0 saturated heterocycles. The molecule has 1 aliphatic rings. The van der Waals surface area contributed by atoms with E-state index in [9.17, 15) is 9.90 Å². The SMILES string of the molecule is NC1=NCN(COC[C@H](CO)C(O)CO)C(=O)N1. The molecule has 2 atom stereocenters. The van der Waals surface area contributed by atoms with Crippen molar-refractivity contribution in [3.8, 4) is 0 Å². The number of aliphatic imine (C=N–C) groups is 1. The number of urea groups is 1. The van der Waals surface area contributed by atoms with Crippen molar-refractivity contribution in [2.24, 2.45) is 16.6 Å². The lowest BCUT2D eigenvalue weighted by molar-refractivity contribution is -0.0402. The molecule has 0 aromatic heterocycles. The summed E-state index contributed by atoms with van der Waals surface area (Å²) < 4.78 is 5.18. The maximum absolute atomic E-state index is 11.4. The van der Waals surface area contributed by atoms with Gasteiger partial charge in [-0.1, -0.05) is 0 Å². The van der Waals surface area contributed by atoms with Crippen LogP contribution in [0, 0.1) is 5.92 Å². The summed E-state index contributed by atoms with van der Waals surface area (Å²) in [5.41, 5.74) is 5.30. The molecule has 0 aromatic carbocycles. The molecule has 1 rings (SSSR count). The van der Waals surface area contributed by atoms with E-state index >= 15 is 0 Å². The Morgan fingerprint density at radius 3 is 2.78 bits per heavy atom. The Morgan fingerprint density at radius 1 is 1.50 bits per heavy atom. The van der Waals surface area contributed by atoms with Crippen LogP contribution in [0.5, 0.6) is 0 Å². The fourth-order valence-electron chi connectivity index (χ4n) is 1.30. The standard InChI is InChI=1S/C9H18N4O5/c10-8-11-4-13(9(17)12-8)5-18-3-6(1-14)7(16)2-15/h6-7,14-16H,1-5H2,(H3,10,11,12,17)/t6-,7?/m0/s1. The van der Waals surface area contributed by atoms with E-state index in [2.05, 4.69) is 10.3 Å². The number of carbonyl (C=O) groups is 1. The number of guanidine groups is 1. The molecule has 2 amide bonds. The van der Waals surface area contributed by atoms with Crippen molar-refractivity contribution in [3.63, 3.8) is 0 Å². The van der Waals surface area contributed by atoms with Gasteiger partial charge in [-0.15, -0.1) is 0 Å². The molecule has 0 spiro atoms. The summed E-state index contributed by atoms with van der Waals surface area (Å²) in [6.07, 6.45) is -1.06. The van der Waals surface area contributed by atoms with Crippen LogP contribution < -0.4 is 11.1 Å². The van der Waals surface area contributed by atoms with Gasteiger partial charge in [0.25, 0.3) is 0 Å². The zero-order valence-corrected chi connectivity index (χ0v) is 9.82. The summed E-state index contributed by atoms with van der Waals surface area (Å²) in [7, 11) is 0. The normalized spacial score (nSPS) is 19.2. The third-order valence-corrected chi connectivity index (χ3v) is 2.48. The lowest BCUT2D eigenvalue weighted by atomic mass is 10.1. The highest BCUT2D eigenvalue weighted by Gasteiger charge is 2.21. The average molecular weight is 262 g/mol. The van der Waals surface area contributed by atoms with Gasteiger partial charge in [0, 0.05) is 5.92 Å². The number of carbonyl (C=O) groups excluding carboxylic acids is 1. The molecule has 18 heavy (non-hydrogen) atoms. The monoisotopic (exact) mass is 262 g/mol. The highest BCUT2D eigenvalue weighted by Crippen LogP contribution is 2.04. The van der Waals surface area contributed by atoms with Crippen molar-refractivity contribution in [2.75, 3.05) is 33.2 Å². The summed E-state index contributed by atoms with van der Waals surface area (Å²) in [5.74, 6) is -0.545. The number of nitrogens with two attached hydrogens (primary N) is 1. The summed E-state index contributed by atoms with van der Waals surface area (Å²) >= 11 is 0. The number of nitrogens with one attached hydrogen (secondary N) is 1. The van der Waals surface area contributed by atoms with Crippen LogP contribution in [0.3, 0.4) is 0 Å². The van der Waals surface area contributed by atoms with Crippen molar-refractivity contribution in [1.29, 1.82) is 0 Å². The van der Waals surface area contributed by atoms with Crippen molar-refractivity contribution in [1.82, 2.24) is 10.2 Å². The summed E-state index contributed by atoms with van der Waals surface area (Å²) in [6, 6.07) is -0.425. The van der Waals surface area contributed by atoms with Crippen molar-refractivity contribution in [2.45, 2.75) is 6.10 Å². The van der Waals surface area contributed by atoms with Crippen molar-refractivity contribution >= 4 is 12.0 Å². The number of rotatable bonds is 7. The topological polar surface area (TPSA) is 141 Å². The van der Waals surface area contributed by atoms with Crippen LogP contribution in [0.4, 0.5) is 4.79 Å². The molecule has 9 heteroatoms. The second-order valence-corrected chi connectivity index (χ2v) is 3.85. The minimum Gasteiger partial charge on any atom is -0.396 e. The van der Waals surface area contributed by atoms with Gasteiger partial charge in [0.05, 0.1) is 25.9 Å². The quantitative estimate of drug-likeness (QED) is 0.336. The molecule has 9 nitrogen and oxygen atoms in total. The van der Waals surface area contributed by atoms with Crippen LogP contribution in [0.15, 0.2) is 4.99 Å². The minimum atomic E-state index is -1.06.